The van der Waals surface area contributed by atoms with Crippen molar-refractivity contribution < 1.29 is 4.79 Å². The lowest BCUT2D eigenvalue weighted by Gasteiger charge is -2.02. The predicted octanol–water partition coefficient (Wildman–Crippen LogP) is 3.66. The molecular weight excluding hydrogens is 160 g/mol. The Balaban J connectivity index is 4.13. The summed E-state index contributed by atoms with van der Waals surface area (Å²) in [5, 5.41) is 0. The first kappa shape index (κ1) is 12.2. The molecule has 0 aliphatic carbocycles. The van der Waals surface area contributed by atoms with Gasteiger partial charge in [-0.05, 0) is 24.8 Å². The van der Waals surface area contributed by atoms with E-state index in [1.54, 1.807) is 0 Å². The molecule has 0 unspecified atom stereocenters. The van der Waals surface area contributed by atoms with Gasteiger partial charge in [-0.2, -0.15) is 0 Å². The first-order chi connectivity index (χ1) is 6.26. The van der Waals surface area contributed by atoms with Crippen molar-refractivity contribution in [1.82, 2.24) is 0 Å². The third kappa shape index (κ3) is 5.40. The van der Waals surface area contributed by atoms with E-state index in [0.717, 1.165) is 31.3 Å². The fourth-order valence-corrected chi connectivity index (χ4v) is 1.23. The highest BCUT2D eigenvalue weighted by molar-refractivity contribution is 5.94. The first-order valence-electron chi connectivity index (χ1n) is 5.09. The van der Waals surface area contributed by atoms with Gasteiger partial charge in [-0.1, -0.05) is 32.4 Å². The molecule has 0 radical (unpaired) electrons. The minimum Gasteiger partial charge on any atom is -0.295 e. The summed E-state index contributed by atoms with van der Waals surface area (Å²) in [7, 11) is 0. The Morgan fingerprint density at radius 1 is 1.31 bits per heavy atom. The molecule has 0 N–H and O–H groups in total. The van der Waals surface area contributed by atoms with Crippen molar-refractivity contribution in [3.8, 4) is 0 Å². The van der Waals surface area contributed by atoms with Crippen molar-refractivity contribution in [1.29, 1.82) is 0 Å². The maximum absolute atomic E-state index is 11.4. The molecule has 0 aliphatic rings. The van der Waals surface area contributed by atoms with Crippen LogP contribution in [0, 0.1) is 0 Å². The fraction of sp³-hybridized carbons (Fsp3) is 0.583. The molecule has 0 saturated heterocycles. The molecule has 0 heterocycles. The van der Waals surface area contributed by atoms with E-state index in [-0.39, 0.29) is 0 Å². The lowest BCUT2D eigenvalue weighted by Crippen LogP contribution is -2.00. The van der Waals surface area contributed by atoms with Crippen molar-refractivity contribution >= 4 is 5.78 Å². The van der Waals surface area contributed by atoms with Crippen molar-refractivity contribution in [2.24, 2.45) is 0 Å². The molecule has 0 atom stereocenters. The molecule has 0 amide bonds. The standard InChI is InChI=1S/C12H20O/c1-4-7-8-10-11(9-5-2)12(13)6-3/h4,10H,1,5-9H2,2-3H3/b11-10+. The molecule has 0 saturated carbocycles. The van der Waals surface area contributed by atoms with Crippen molar-refractivity contribution in [2.45, 2.75) is 46.0 Å². The predicted molar refractivity (Wildman–Crippen MR) is 57.7 cm³/mol. The summed E-state index contributed by atoms with van der Waals surface area (Å²) in [5.74, 6) is 0.297. The second-order valence-electron chi connectivity index (χ2n) is 3.12. The molecule has 0 rings (SSSR count). The minimum absolute atomic E-state index is 0.297. The number of Topliss-reactive ketones (excluding diaryl/α,β-unsaturated/α-hetero) is 1. The SMILES string of the molecule is C=CCC/C=C(\CCC)C(=O)CC. The van der Waals surface area contributed by atoms with Crippen LogP contribution in [0.25, 0.3) is 0 Å². The van der Waals surface area contributed by atoms with Crippen LogP contribution < -0.4 is 0 Å². The molecule has 0 fully saturated rings. The van der Waals surface area contributed by atoms with Gasteiger partial charge in [0.05, 0.1) is 0 Å². The van der Waals surface area contributed by atoms with E-state index in [2.05, 4.69) is 19.6 Å². The van der Waals surface area contributed by atoms with Crippen LogP contribution in [-0.2, 0) is 4.79 Å². The molecule has 0 aromatic heterocycles. The summed E-state index contributed by atoms with van der Waals surface area (Å²) >= 11 is 0. The van der Waals surface area contributed by atoms with Crippen molar-refractivity contribution in [3.63, 3.8) is 0 Å². The largest absolute Gasteiger partial charge is 0.295 e. The molecule has 0 bridgehead atoms. The van der Waals surface area contributed by atoms with Gasteiger partial charge in [0.2, 0.25) is 0 Å². The number of ketones is 1. The summed E-state index contributed by atoms with van der Waals surface area (Å²) in [5.41, 5.74) is 1.01. The Morgan fingerprint density at radius 2 is 2.00 bits per heavy atom. The Bertz CT molecular complexity index is 189. The second kappa shape index (κ2) is 7.78. The van der Waals surface area contributed by atoms with E-state index in [4.69, 9.17) is 0 Å². The average Bonchev–Trinajstić information content (AvgIpc) is 2.16. The van der Waals surface area contributed by atoms with Crippen molar-refractivity contribution in [2.75, 3.05) is 0 Å². The van der Waals surface area contributed by atoms with Gasteiger partial charge in [0.15, 0.2) is 5.78 Å². The molecule has 0 spiro atoms. The molecule has 0 aromatic rings. The molecule has 0 aromatic carbocycles. The second-order valence-corrected chi connectivity index (χ2v) is 3.12. The van der Waals surface area contributed by atoms with Crippen LogP contribution in [0.15, 0.2) is 24.3 Å². The van der Waals surface area contributed by atoms with Gasteiger partial charge in [-0.15, -0.1) is 6.58 Å². The molecule has 1 nitrogen and oxygen atoms in total. The van der Waals surface area contributed by atoms with Gasteiger partial charge in [0.1, 0.15) is 0 Å². The zero-order chi connectivity index (χ0) is 10.1. The smallest absolute Gasteiger partial charge is 0.158 e. The van der Waals surface area contributed by atoms with Crippen LogP contribution in [0.1, 0.15) is 46.0 Å². The topological polar surface area (TPSA) is 17.1 Å². The summed E-state index contributed by atoms with van der Waals surface area (Å²) in [4.78, 5) is 11.4. The quantitative estimate of drug-likeness (QED) is 0.332. The van der Waals surface area contributed by atoms with Crippen LogP contribution in [0.2, 0.25) is 0 Å². The van der Waals surface area contributed by atoms with Gasteiger partial charge in [0.25, 0.3) is 0 Å². The average molecular weight is 180 g/mol. The van der Waals surface area contributed by atoms with E-state index in [1.165, 1.54) is 0 Å². The molecular formula is C12H20O. The number of carbonyl (C=O) groups excluding carboxylic acids is 1. The first-order valence-corrected chi connectivity index (χ1v) is 5.09. The highest BCUT2D eigenvalue weighted by Gasteiger charge is 2.04. The monoisotopic (exact) mass is 180 g/mol. The Hall–Kier alpha value is -0.850. The maximum Gasteiger partial charge on any atom is 0.158 e. The zero-order valence-corrected chi connectivity index (χ0v) is 8.81. The van der Waals surface area contributed by atoms with Crippen LogP contribution >= 0.6 is 0 Å². The molecule has 1 heteroatoms. The molecule has 74 valence electrons. The highest BCUT2D eigenvalue weighted by atomic mass is 16.1. The van der Waals surface area contributed by atoms with Gasteiger partial charge in [-0.3, -0.25) is 4.79 Å². The lowest BCUT2D eigenvalue weighted by molar-refractivity contribution is -0.115. The molecule has 13 heavy (non-hydrogen) atoms. The van der Waals surface area contributed by atoms with E-state index in [1.807, 2.05) is 13.0 Å². The van der Waals surface area contributed by atoms with Gasteiger partial charge in [0, 0.05) is 6.42 Å². The van der Waals surface area contributed by atoms with Crippen LogP contribution in [0.3, 0.4) is 0 Å². The van der Waals surface area contributed by atoms with E-state index in [9.17, 15) is 4.79 Å². The Morgan fingerprint density at radius 3 is 2.46 bits per heavy atom. The van der Waals surface area contributed by atoms with Crippen molar-refractivity contribution in [3.05, 3.63) is 24.3 Å². The highest BCUT2D eigenvalue weighted by Crippen LogP contribution is 2.10. The van der Waals surface area contributed by atoms with E-state index >= 15 is 0 Å². The van der Waals surface area contributed by atoms with Gasteiger partial charge < -0.3 is 0 Å². The normalized spacial score (nSPS) is 11.4. The van der Waals surface area contributed by atoms with E-state index in [0.29, 0.717) is 12.2 Å². The van der Waals surface area contributed by atoms with Crippen LogP contribution in [-0.4, -0.2) is 5.78 Å². The number of unbranched alkanes of at least 4 members (excludes halogenated alkanes) is 1. The summed E-state index contributed by atoms with van der Waals surface area (Å²) in [6, 6.07) is 0. The lowest BCUT2D eigenvalue weighted by atomic mass is 10.0. The zero-order valence-electron chi connectivity index (χ0n) is 8.81. The Labute approximate surface area is 81.5 Å². The fourth-order valence-electron chi connectivity index (χ4n) is 1.23. The number of hydrogen-bond acceptors (Lipinski definition) is 1. The molecule has 0 aliphatic heterocycles. The maximum atomic E-state index is 11.4. The third-order valence-corrected chi connectivity index (χ3v) is 1.96. The number of carbonyl (C=O) groups is 1. The van der Waals surface area contributed by atoms with Crippen LogP contribution in [0.4, 0.5) is 0 Å². The summed E-state index contributed by atoms with van der Waals surface area (Å²) < 4.78 is 0. The Kier molecular flexibility index (Phi) is 7.27. The number of hydrogen-bond donors (Lipinski definition) is 0. The van der Waals surface area contributed by atoms with Gasteiger partial charge >= 0.3 is 0 Å². The third-order valence-electron chi connectivity index (χ3n) is 1.96. The van der Waals surface area contributed by atoms with Crippen LogP contribution in [0.5, 0.6) is 0 Å². The summed E-state index contributed by atoms with van der Waals surface area (Å²) in [6.45, 7) is 7.67. The van der Waals surface area contributed by atoms with E-state index < -0.39 is 0 Å². The summed E-state index contributed by atoms with van der Waals surface area (Å²) in [6.07, 6.45) is 8.46. The van der Waals surface area contributed by atoms with Gasteiger partial charge in [-0.25, -0.2) is 0 Å². The number of rotatable bonds is 7. The minimum atomic E-state index is 0.297. The number of allylic oxidation sites excluding steroid dienone is 3.